The second-order valence-electron chi connectivity index (χ2n) is 5.58. The van der Waals surface area contributed by atoms with Crippen LogP contribution in [0.2, 0.25) is 0 Å². The van der Waals surface area contributed by atoms with Crippen LogP contribution in [-0.4, -0.2) is 40.8 Å². The summed E-state index contributed by atoms with van der Waals surface area (Å²) >= 11 is 0. The Morgan fingerprint density at radius 1 is 0.929 bits per heavy atom. The van der Waals surface area contributed by atoms with E-state index in [2.05, 4.69) is 33.9 Å². The topological polar surface area (TPSA) is 91.6 Å². The predicted octanol–water partition coefficient (Wildman–Crippen LogP) is 2.87. The Balaban J connectivity index is 2.00. The first-order valence-electron chi connectivity index (χ1n) is 8.17. The van der Waals surface area contributed by atoms with Crippen LogP contribution in [0.5, 0.6) is 0 Å². The zero-order valence-corrected chi connectivity index (χ0v) is 16.3. The van der Waals surface area contributed by atoms with Gasteiger partial charge in [0.05, 0.1) is 16.3 Å². The maximum Gasteiger partial charge on any atom is 0.297 e. The van der Waals surface area contributed by atoms with E-state index in [4.69, 9.17) is 9.29 Å². The van der Waals surface area contributed by atoms with E-state index in [1.54, 1.807) is 0 Å². The summed E-state index contributed by atoms with van der Waals surface area (Å²) in [5.74, 6) is 9.47. The number of benzene rings is 2. The van der Waals surface area contributed by atoms with Crippen LogP contribution in [-0.2, 0) is 14.3 Å². The number of hydrogen-bond donors (Lipinski definition) is 1. The molecule has 0 unspecified atom stereocenters. The van der Waals surface area contributed by atoms with Crippen molar-refractivity contribution in [2.75, 3.05) is 32.2 Å². The van der Waals surface area contributed by atoms with Gasteiger partial charge in [0, 0.05) is 19.8 Å². The second kappa shape index (κ2) is 10.2. The Labute approximate surface area is 164 Å². The van der Waals surface area contributed by atoms with Gasteiger partial charge in [-0.3, -0.25) is 4.18 Å². The Morgan fingerprint density at radius 3 is 2.00 bits per heavy atom. The maximum atomic E-state index is 12.1. The van der Waals surface area contributed by atoms with Gasteiger partial charge in [-0.2, -0.15) is 18.6 Å². The Kier molecular flexibility index (Phi) is 7.73. The number of aliphatic hydroxyl groups is 1. The Morgan fingerprint density at radius 2 is 1.46 bits per heavy atom. The molecule has 1 N–H and O–H groups in total. The summed E-state index contributed by atoms with van der Waals surface area (Å²) in [6, 6.07) is 13.4. The third kappa shape index (κ3) is 6.53. The molecule has 2 aromatic rings. The van der Waals surface area contributed by atoms with Crippen LogP contribution in [0.25, 0.3) is 0 Å². The van der Waals surface area contributed by atoms with Crippen LogP contribution in [0.3, 0.4) is 0 Å². The molecule has 0 heterocycles. The molecule has 0 atom stereocenters. The van der Waals surface area contributed by atoms with Crippen LogP contribution in [0.4, 0.5) is 17.1 Å². The molecule has 144 valence electrons. The zero-order chi connectivity index (χ0) is 20.4. The molecule has 0 saturated heterocycles. The van der Waals surface area contributed by atoms with Crippen molar-refractivity contribution in [3.8, 4) is 23.7 Å². The van der Waals surface area contributed by atoms with Gasteiger partial charge in [0.15, 0.2) is 0 Å². The summed E-state index contributed by atoms with van der Waals surface area (Å²) in [6.45, 7) is -0.633. The highest BCUT2D eigenvalue weighted by Gasteiger charge is 2.14. The summed E-state index contributed by atoms with van der Waals surface area (Å²) in [6.07, 6.45) is 0. The molecule has 28 heavy (non-hydrogen) atoms. The number of nitrogens with zero attached hydrogens (tertiary/aromatic N) is 3. The molecule has 0 radical (unpaired) electrons. The summed E-state index contributed by atoms with van der Waals surface area (Å²) in [5.41, 5.74) is 2.25. The van der Waals surface area contributed by atoms with Gasteiger partial charge in [0.2, 0.25) is 0 Å². The summed E-state index contributed by atoms with van der Waals surface area (Å²) < 4.78 is 29.0. The van der Waals surface area contributed by atoms with Crippen molar-refractivity contribution in [1.29, 1.82) is 0 Å². The zero-order valence-electron chi connectivity index (χ0n) is 15.5. The van der Waals surface area contributed by atoms with Gasteiger partial charge in [-0.15, -0.1) is 0 Å². The fraction of sp³-hybridized carbons (Fsp3) is 0.200. The molecule has 0 fully saturated rings. The first-order chi connectivity index (χ1) is 13.4. The highest BCUT2D eigenvalue weighted by molar-refractivity contribution is 7.86. The monoisotopic (exact) mass is 397 g/mol. The van der Waals surface area contributed by atoms with Crippen molar-refractivity contribution in [1.82, 2.24) is 0 Å². The van der Waals surface area contributed by atoms with Crippen molar-refractivity contribution in [3.63, 3.8) is 0 Å². The average Bonchev–Trinajstić information content (AvgIpc) is 2.69. The summed E-state index contributed by atoms with van der Waals surface area (Å²) in [7, 11) is -0.0224. The number of hydrogen-bond acceptors (Lipinski definition) is 7. The molecule has 7 nitrogen and oxygen atoms in total. The van der Waals surface area contributed by atoms with Crippen molar-refractivity contribution < 1.29 is 17.7 Å². The van der Waals surface area contributed by atoms with E-state index in [0.29, 0.717) is 11.4 Å². The lowest BCUT2D eigenvalue weighted by Crippen LogP contribution is -2.07. The van der Waals surface area contributed by atoms with E-state index < -0.39 is 10.1 Å². The van der Waals surface area contributed by atoms with Gasteiger partial charge in [0.1, 0.15) is 13.2 Å². The van der Waals surface area contributed by atoms with Crippen molar-refractivity contribution in [3.05, 3.63) is 48.5 Å². The minimum atomic E-state index is -3.93. The van der Waals surface area contributed by atoms with Gasteiger partial charge in [-0.25, -0.2) is 0 Å². The number of aliphatic hydroxyl groups excluding tert-OH is 1. The molecule has 2 rings (SSSR count). The largest absolute Gasteiger partial charge is 0.384 e. The van der Waals surface area contributed by atoms with E-state index in [-0.39, 0.29) is 18.1 Å². The van der Waals surface area contributed by atoms with Crippen LogP contribution in [0.15, 0.2) is 63.7 Å². The smallest absolute Gasteiger partial charge is 0.297 e. The molecular formula is C20H19N3O4S. The quantitative estimate of drug-likeness (QED) is 0.460. The number of azo groups is 1. The van der Waals surface area contributed by atoms with Gasteiger partial charge in [-0.05, 0) is 60.4 Å². The lowest BCUT2D eigenvalue weighted by molar-refractivity contribution is 0.350. The fourth-order valence-electron chi connectivity index (χ4n) is 1.95. The second-order valence-corrected chi connectivity index (χ2v) is 7.20. The normalized spacial score (nSPS) is 10.7. The first kappa shape index (κ1) is 21.1. The molecule has 0 saturated carbocycles. The van der Waals surface area contributed by atoms with Crippen molar-refractivity contribution >= 4 is 27.2 Å². The third-order valence-electron chi connectivity index (χ3n) is 3.38. The minimum absolute atomic E-state index is 0.00923. The van der Waals surface area contributed by atoms with E-state index >= 15 is 0 Å². The summed E-state index contributed by atoms with van der Waals surface area (Å²) in [5, 5.41) is 16.7. The predicted molar refractivity (Wildman–Crippen MR) is 107 cm³/mol. The molecule has 0 bridgehead atoms. The number of rotatable bonds is 6. The highest BCUT2D eigenvalue weighted by Crippen LogP contribution is 2.22. The van der Waals surface area contributed by atoms with Crippen LogP contribution >= 0.6 is 0 Å². The fourth-order valence-corrected chi connectivity index (χ4v) is 2.77. The molecule has 8 heteroatoms. The van der Waals surface area contributed by atoms with Crippen LogP contribution in [0, 0.1) is 23.7 Å². The molecule has 0 aliphatic rings. The molecule has 0 aliphatic heterocycles. The standard InChI is InChI=1S/C20H19N3O4S/c1-23(2)19-11-7-17(8-12-19)21-22-18-9-13-20(14-10-18)28(25,26)27-16-6-4-3-5-15-24/h7-14,24H,15-16H2,1-2H3. The van der Waals surface area contributed by atoms with Crippen LogP contribution < -0.4 is 4.90 Å². The van der Waals surface area contributed by atoms with Gasteiger partial charge in [-0.1, -0.05) is 11.8 Å². The highest BCUT2D eigenvalue weighted by atomic mass is 32.2. The van der Waals surface area contributed by atoms with E-state index in [0.717, 1.165) is 5.69 Å². The lowest BCUT2D eigenvalue weighted by Gasteiger charge is -2.11. The lowest BCUT2D eigenvalue weighted by atomic mass is 10.3. The molecule has 0 amide bonds. The Hall–Kier alpha value is -3.17. The molecule has 0 aromatic heterocycles. The van der Waals surface area contributed by atoms with Crippen molar-refractivity contribution in [2.45, 2.75) is 4.90 Å². The average molecular weight is 397 g/mol. The SMILES string of the molecule is CN(C)c1ccc(N=Nc2ccc(S(=O)(=O)OCC#CC#CCO)cc2)cc1. The minimum Gasteiger partial charge on any atom is -0.384 e. The van der Waals surface area contributed by atoms with Crippen LogP contribution in [0.1, 0.15) is 0 Å². The van der Waals surface area contributed by atoms with Gasteiger partial charge >= 0.3 is 0 Å². The van der Waals surface area contributed by atoms with Gasteiger partial charge in [0.25, 0.3) is 10.1 Å². The summed E-state index contributed by atoms with van der Waals surface area (Å²) in [4.78, 5) is 1.97. The Bertz CT molecular complexity index is 1040. The third-order valence-corrected chi connectivity index (χ3v) is 4.65. The van der Waals surface area contributed by atoms with E-state index in [1.807, 2.05) is 43.3 Å². The van der Waals surface area contributed by atoms with E-state index in [9.17, 15) is 8.42 Å². The maximum absolute atomic E-state index is 12.1. The van der Waals surface area contributed by atoms with Gasteiger partial charge < -0.3 is 10.0 Å². The van der Waals surface area contributed by atoms with Crippen molar-refractivity contribution in [2.24, 2.45) is 10.2 Å². The molecule has 2 aromatic carbocycles. The van der Waals surface area contributed by atoms with E-state index in [1.165, 1.54) is 24.3 Å². The molecule has 0 spiro atoms. The molecule has 0 aliphatic carbocycles. The number of anilines is 1. The first-order valence-corrected chi connectivity index (χ1v) is 9.58. The molecular weight excluding hydrogens is 378 g/mol.